The fourth-order valence-corrected chi connectivity index (χ4v) is 4.68. The molecule has 0 aliphatic heterocycles. The van der Waals surface area contributed by atoms with Gasteiger partial charge in [-0.2, -0.15) is 0 Å². The normalized spacial score (nSPS) is 11.8. The third kappa shape index (κ3) is 5.82. The first-order valence-electron chi connectivity index (χ1n) is 11.0. The maximum atomic E-state index is 12.7. The lowest BCUT2D eigenvalue weighted by molar-refractivity contribution is -0.113. The molecule has 3 aromatic rings. The van der Waals surface area contributed by atoms with E-state index in [2.05, 4.69) is 33.0 Å². The van der Waals surface area contributed by atoms with Gasteiger partial charge in [0.2, 0.25) is 5.91 Å². The molecule has 2 amide bonds. The van der Waals surface area contributed by atoms with Gasteiger partial charge in [-0.25, -0.2) is 0 Å². The highest BCUT2D eigenvalue weighted by atomic mass is 32.2. The molecule has 0 aliphatic carbocycles. The molecule has 0 spiro atoms. The first-order valence-corrected chi connectivity index (χ1v) is 12.0. The minimum Gasteiger partial charge on any atom is -0.342 e. The van der Waals surface area contributed by atoms with Crippen molar-refractivity contribution < 1.29 is 9.59 Å². The predicted molar refractivity (Wildman–Crippen MR) is 133 cm³/mol. The van der Waals surface area contributed by atoms with Gasteiger partial charge in [0.1, 0.15) is 0 Å². The summed E-state index contributed by atoms with van der Waals surface area (Å²) >= 11 is 1.33. The van der Waals surface area contributed by atoms with Crippen LogP contribution in [0.15, 0.2) is 41.6 Å². The Morgan fingerprint density at radius 1 is 1.03 bits per heavy atom. The van der Waals surface area contributed by atoms with Crippen LogP contribution in [0.1, 0.15) is 58.3 Å². The molecule has 174 valence electrons. The monoisotopic (exact) mass is 465 g/mol. The van der Waals surface area contributed by atoms with Crippen LogP contribution in [0.2, 0.25) is 0 Å². The second-order valence-corrected chi connectivity index (χ2v) is 9.15. The van der Waals surface area contributed by atoms with E-state index in [4.69, 9.17) is 0 Å². The van der Waals surface area contributed by atoms with Gasteiger partial charge in [0.05, 0.1) is 11.8 Å². The highest BCUT2D eigenvalue weighted by Gasteiger charge is 2.21. The van der Waals surface area contributed by atoms with Gasteiger partial charge in [-0.3, -0.25) is 9.59 Å². The number of hydrogen-bond acceptors (Lipinski definition) is 5. The highest BCUT2D eigenvalue weighted by Crippen LogP contribution is 2.24. The average Bonchev–Trinajstić information content (AvgIpc) is 3.18. The SMILES string of the molecule is CCn1c(SCC(=O)Nc2c(C)cc(C)cc2C)nnc1[C@H](C)NC(=O)c1ccccc1C. The Hall–Kier alpha value is -3.13. The lowest BCUT2D eigenvalue weighted by Gasteiger charge is -2.16. The number of nitrogens with zero attached hydrogens (tertiary/aromatic N) is 3. The van der Waals surface area contributed by atoms with Crippen LogP contribution in [-0.4, -0.2) is 32.3 Å². The molecule has 1 heterocycles. The number of carbonyl (C=O) groups is 2. The van der Waals surface area contributed by atoms with Crippen LogP contribution < -0.4 is 10.6 Å². The standard InChI is InChI=1S/C25H31N5O2S/c1-7-30-23(19(6)26-24(32)20-11-9-8-10-16(20)3)28-29-25(30)33-14-21(31)27-22-17(4)12-15(2)13-18(22)5/h8-13,19H,7,14H2,1-6H3,(H,26,32)(H,27,31)/t19-/m0/s1. The number of carbonyl (C=O) groups excluding carboxylic acids is 2. The molecule has 33 heavy (non-hydrogen) atoms. The van der Waals surface area contributed by atoms with Crippen LogP contribution in [0.5, 0.6) is 0 Å². The van der Waals surface area contributed by atoms with Gasteiger partial charge < -0.3 is 15.2 Å². The van der Waals surface area contributed by atoms with Crippen LogP contribution in [0, 0.1) is 27.7 Å². The number of aryl methyl sites for hydroxylation is 4. The average molecular weight is 466 g/mol. The molecule has 3 rings (SSSR count). The zero-order valence-electron chi connectivity index (χ0n) is 20.0. The van der Waals surface area contributed by atoms with Crippen LogP contribution in [0.3, 0.4) is 0 Å². The van der Waals surface area contributed by atoms with Crippen molar-refractivity contribution in [3.63, 3.8) is 0 Å². The Labute approximate surface area is 199 Å². The van der Waals surface area contributed by atoms with Crippen molar-refractivity contribution in [3.05, 3.63) is 70.0 Å². The van der Waals surface area contributed by atoms with Gasteiger partial charge in [0, 0.05) is 17.8 Å². The third-order valence-corrected chi connectivity index (χ3v) is 6.43. The number of hydrogen-bond donors (Lipinski definition) is 2. The summed E-state index contributed by atoms with van der Waals surface area (Å²) in [7, 11) is 0. The van der Waals surface area contributed by atoms with Crippen molar-refractivity contribution in [1.82, 2.24) is 20.1 Å². The van der Waals surface area contributed by atoms with Crippen molar-refractivity contribution in [2.45, 2.75) is 59.3 Å². The number of thioether (sulfide) groups is 1. The molecule has 1 aromatic heterocycles. The molecule has 0 fully saturated rings. The molecule has 0 aliphatic rings. The molecule has 1 atom stereocenters. The topological polar surface area (TPSA) is 88.9 Å². The van der Waals surface area contributed by atoms with Crippen LogP contribution in [-0.2, 0) is 11.3 Å². The lowest BCUT2D eigenvalue weighted by Crippen LogP contribution is -2.29. The van der Waals surface area contributed by atoms with Crippen LogP contribution >= 0.6 is 11.8 Å². The van der Waals surface area contributed by atoms with E-state index in [1.807, 2.05) is 64.3 Å². The van der Waals surface area contributed by atoms with Gasteiger partial charge >= 0.3 is 0 Å². The summed E-state index contributed by atoms with van der Waals surface area (Å²) in [6.45, 7) is 12.5. The van der Waals surface area contributed by atoms with Gasteiger partial charge in [0.15, 0.2) is 11.0 Å². The molecule has 0 saturated heterocycles. The zero-order chi connectivity index (χ0) is 24.1. The van der Waals surface area contributed by atoms with Crippen molar-refractivity contribution in [3.8, 4) is 0 Å². The van der Waals surface area contributed by atoms with E-state index in [-0.39, 0.29) is 23.6 Å². The minimum absolute atomic E-state index is 0.0943. The second-order valence-electron chi connectivity index (χ2n) is 8.21. The van der Waals surface area contributed by atoms with Crippen LogP contribution in [0.4, 0.5) is 5.69 Å². The van der Waals surface area contributed by atoms with Gasteiger partial charge in [-0.1, -0.05) is 47.7 Å². The number of anilines is 1. The van der Waals surface area contributed by atoms with E-state index in [1.54, 1.807) is 6.07 Å². The van der Waals surface area contributed by atoms with Gasteiger partial charge in [-0.05, 0) is 64.3 Å². The Balaban J connectivity index is 1.66. The first-order chi connectivity index (χ1) is 15.7. The molecule has 0 saturated carbocycles. The maximum Gasteiger partial charge on any atom is 0.252 e. The minimum atomic E-state index is -0.328. The molecule has 2 aromatic carbocycles. The number of amides is 2. The fraction of sp³-hybridized carbons (Fsp3) is 0.360. The summed E-state index contributed by atoms with van der Waals surface area (Å²) in [5, 5.41) is 15.3. The summed E-state index contributed by atoms with van der Waals surface area (Å²) in [5.41, 5.74) is 5.67. The zero-order valence-corrected chi connectivity index (χ0v) is 20.8. The van der Waals surface area contributed by atoms with E-state index < -0.39 is 0 Å². The molecule has 0 unspecified atom stereocenters. The quantitative estimate of drug-likeness (QED) is 0.469. The Bertz CT molecular complexity index is 1150. The third-order valence-electron chi connectivity index (χ3n) is 5.46. The fourth-order valence-electron chi connectivity index (χ4n) is 3.87. The summed E-state index contributed by atoms with van der Waals surface area (Å²) < 4.78 is 1.93. The highest BCUT2D eigenvalue weighted by molar-refractivity contribution is 7.99. The molecule has 7 nitrogen and oxygen atoms in total. The summed E-state index contributed by atoms with van der Waals surface area (Å²) in [6.07, 6.45) is 0. The first kappa shape index (κ1) is 24.5. The lowest BCUT2D eigenvalue weighted by atomic mass is 10.1. The van der Waals surface area contributed by atoms with Crippen molar-refractivity contribution >= 4 is 29.3 Å². The van der Waals surface area contributed by atoms with Crippen LogP contribution in [0.25, 0.3) is 0 Å². The number of nitrogens with one attached hydrogen (secondary N) is 2. The van der Waals surface area contributed by atoms with Crippen molar-refractivity contribution in [1.29, 1.82) is 0 Å². The number of benzene rings is 2. The Morgan fingerprint density at radius 3 is 2.33 bits per heavy atom. The largest absolute Gasteiger partial charge is 0.342 e. The van der Waals surface area contributed by atoms with E-state index >= 15 is 0 Å². The Kier molecular flexibility index (Phi) is 7.92. The number of rotatable bonds is 8. The van der Waals surface area contributed by atoms with E-state index in [0.717, 1.165) is 22.4 Å². The molecule has 2 N–H and O–H groups in total. The van der Waals surface area contributed by atoms with Crippen molar-refractivity contribution in [2.75, 3.05) is 11.1 Å². The number of aromatic nitrogens is 3. The molecular weight excluding hydrogens is 434 g/mol. The van der Waals surface area contributed by atoms with Gasteiger partial charge in [-0.15, -0.1) is 10.2 Å². The molecular formula is C25H31N5O2S. The smallest absolute Gasteiger partial charge is 0.252 e. The van der Waals surface area contributed by atoms with Gasteiger partial charge in [0.25, 0.3) is 5.91 Å². The van der Waals surface area contributed by atoms with E-state index in [1.165, 1.54) is 17.3 Å². The van der Waals surface area contributed by atoms with E-state index in [0.29, 0.717) is 23.1 Å². The molecule has 0 radical (unpaired) electrons. The maximum absolute atomic E-state index is 12.7. The molecule has 0 bridgehead atoms. The summed E-state index contributed by atoms with van der Waals surface area (Å²) in [5.74, 6) is 0.633. The predicted octanol–water partition coefficient (Wildman–Crippen LogP) is 4.75. The summed E-state index contributed by atoms with van der Waals surface area (Å²) in [4.78, 5) is 25.3. The van der Waals surface area contributed by atoms with Crippen molar-refractivity contribution in [2.24, 2.45) is 0 Å². The summed E-state index contributed by atoms with van der Waals surface area (Å²) in [6, 6.07) is 11.3. The van der Waals surface area contributed by atoms with E-state index in [9.17, 15) is 9.59 Å². The second kappa shape index (κ2) is 10.7. The Morgan fingerprint density at radius 2 is 1.70 bits per heavy atom. The molecule has 8 heteroatoms.